The molecule has 1 aromatic heterocycles. The molecule has 14 heavy (non-hydrogen) atoms. The van der Waals surface area contributed by atoms with Crippen LogP contribution in [0.1, 0.15) is 5.56 Å². The summed E-state index contributed by atoms with van der Waals surface area (Å²) in [6.07, 6.45) is 1.53. The molecule has 1 aromatic carbocycles. The summed E-state index contributed by atoms with van der Waals surface area (Å²) in [6, 6.07) is 4.47. The third-order valence-electron chi connectivity index (χ3n) is 1.93. The summed E-state index contributed by atoms with van der Waals surface area (Å²) in [6.45, 7) is 1.86. The largest absolute Gasteiger partial charge is 0.364 e. The van der Waals surface area contributed by atoms with Gasteiger partial charge in [-0.15, -0.1) is 0 Å². The maximum Gasteiger partial charge on any atom is 0.127 e. The first-order valence-corrected chi connectivity index (χ1v) is 4.84. The van der Waals surface area contributed by atoms with Crippen LogP contribution in [0.5, 0.6) is 0 Å². The van der Waals surface area contributed by atoms with E-state index >= 15 is 0 Å². The molecule has 0 aliphatic rings. The summed E-state index contributed by atoms with van der Waals surface area (Å²) in [5.74, 6) is -0.286. The summed E-state index contributed by atoms with van der Waals surface area (Å²) < 4.78 is 18.6. The van der Waals surface area contributed by atoms with Gasteiger partial charge in [0.1, 0.15) is 17.8 Å². The highest BCUT2D eigenvalue weighted by molar-refractivity contribution is 9.10. The monoisotopic (exact) mass is 255 g/mol. The Kier molecular flexibility index (Phi) is 2.37. The maximum atomic E-state index is 13.0. The van der Waals surface area contributed by atoms with Crippen LogP contribution in [0.15, 0.2) is 33.5 Å². The average Bonchev–Trinajstić information content (AvgIpc) is 2.56. The first-order valence-electron chi connectivity index (χ1n) is 4.05. The summed E-state index contributed by atoms with van der Waals surface area (Å²) in [5.41, 5.74) is 2.25. The molecule has 0 atom stereocenters. The SMILES string of the molecule is Cc1conc1-c1cc(F)ccc1Br. The lowest BCUT2D eigenvalue weighted by Crippen LogP contribution is -1.84. The van der Waals surface area contributed by atoms with Gasteiger partial charge in [-0.1, -0.05) is 21.1 Å². The summed E-state index contributed by atoms with van der Waals surface area (Å²) in [7, 11) is 0. The van der Waals surface area contributed by atoms with Gasteiger partial charge >= 0.3 is 0 Å². The number of hydrogen-bond donors (Lipinski definition) is 0. The molecule has 0 aliphatic carbocycles. The molecule has 1 heterocycles. The lowest BCUT2D eigenvalue weighted by atomic mass is 10.1. The molecule has 0 aliphatic heterocycles. The van der Waals surface area contributed by atoms with E-state index < -0.39 is 0 Å². The Hall–Kier alpha value is -1.16. The Morgan fingerprint density at radius 3 is 2.86 bits per heavy atom. The highest BCUT2D eigenvalue weighted by Crippen LogP contribution is 2.29. The third kappa shape index (κ3) is 1.57. The zero-order chi connectivity index (χ0) is 10.1. The molecule has 4 heteroatoms. The molecule has 0 amide bonds. The van der Waals surface area contributed by atoms with Crippen LogP contribution in [0.25, 0.3) is 11.3 Å². The van der Waals surface area contributed by atoms with E-state index in [2.05, 4.69) is 21.1 Å². The molecule has 0 fully saturated rings. The second kappa shape index (κ2) is 3.53. The number of hydrogen-bond acceptors (Lipinski definition) is 2. The van der Waals surface area contributed by atoms with Crippen LogP contribution in [-0.2, 0) is 0 Å². The highest BCUT2D eigenvalue weighted by atomic mass is 79.9. The smallest absolute Gasteiger partial charge is 0.127 e. The number of rotatable bonds is 1. The van der Waals surface area contributed by atoms with Gasteiger partial charge < -0.3 is 4.52 Å². The minimum Gasteiger partial charge on any atom is -0.364 e. The van der Waals surface area contributed by atoms with E-state index in [1.807, 2.05) is 6.92 Å². The van der Waals surface area contributed by atoms with E-state index in [0.29, 0.717) is 11.3 Å². The van der Waals surface area contributed by atoms with Crippen LogP contribution in [0.4, 0.5) is 4.39 Å². The van der Waals surface area contributed by atoms with E-state index in [0.717, 1.165) is 10.0 Å². The molecule has 0 N–H and O–H groups in total. The van der Waals surface area contributed by atoms with Gasteiger partial charge in [-0.2, -0.15) is 0 Å². The highest BCUT2D eigenvalue weighted by Gasteiger charge is 2.10. The number of nitrogens with zero attached hydrogens (tertiary/aromatic N) is 1. The van der Waals surface area contributed by atoms with Gasteiger partial charge in [-0.3, -0.25) is 0 Å². The predicted molar refractivity (Wildman–Crippen MR) is 54.3 cm³/mol. The Bertz CT molecular complexity index is 467. The predicted octanol–water partition coefficient (Wildman–Crippen LogP) is 3.55. The van der Waals surface area contributed by atoms with Crippen molar-refractivity contribution >= 4 is 15.9 Å². The van der Waals surface area contributed by atoms with Crippen molar-refractivity contribution in [2.75, 3.05) is 0 Å². The van der Waals surface area contributed by atoms with Gasteiger partial charge in [0.2, 0.25) is 0 Å². The maximum absolute atomic E-state index is 13.0. The number of benzene rings is 1. The van der Waals surface area contributed by atoms with Crippen molar-refractivity contribution in [3.05, 3.63) is 40.3 Å². The van der Waals surface area contributed by atoms with E-state index in [-0.39, 0.29) is 5.82 Å². The summed E-state index contributed by atoms with van der Waals surface area (Å²) >= 11 is 3.34. The molecular weight excluding hydrogens is 249 g/mol. The minimum absolute atomic E-state index is 0.286. The van der Waals surface area contributed by atoms with Crippen molar-refractivity contribution in [3.63, 3.8) is 0 Å². The number of halogens is 2. The van der Waals surface area contributed by atoms with Crippen molar-refractivity contribution in [3.8, 4) is 11.3 Å². The van der Waals surface area contributed by atoms with Crippen molar-refractivity contribution in [2.24, 2.45) is 0 Å². The molecule has 0 spiro atoms. The zero-order valence-corrected chi connectivity index (χ0v) is 9.01. The quantitative estimate of drug-likeness (QED) is 0.779. The second-order valence-corrected chi connectivity index (χ2v) is 3.82. The minimum atomic E-state index is -0.286. The molecule has 2 aromatic rings. The van der Waals surface area contributed by atoms with Crippen molar-refractivity contribution < 1.29 is 8.91 Å². The normalized spacial score (nSPS) is 10.5. The molecule has 0 unspecified atom stereocenters. The lowest BCUT2D eigenvalue weighted by Gasteiger charge is -2.00. The van der Waals surface area contributed by atoms with Crippen molar-refractivity contribution in [1.29, 1.82) is 0 Å². The standard InChI is InChI=1S/C10H7BrFNO/c1-6-5-14-13-10(6)8-4-7(12)2-3-9(8)11/h2-5H,1H3. The van der Waals surface area contributed by atoms with Gasteiger partial charge in [-0.25, -0.2) is 4.39 Å². The van der Waals surface area contributed by atoms with Crippen LogP contribution >= 0.6 is 15.9 Å². The summed E-state index contributed by atoms with van der Waals surface area (Å²) in [5, 5.41) is 3.82. The van der Waals surface area contributed by atoms with E-state index in [4.69, 9.17) is 4.52 Å². The molecule has 0 saturated carbocycles. The topological polar surface area (TPSA) is 26.0 Å². The van der Waals surface area contributed by atoms with Crippen LogP contribution in [0.3, 0.4) is 0 Å². The molecule has 72 valence electrons. The van der Waals surface area contributed by atoms with Crippen LogP contribution < -0.4 is 0 Å². The fraction of sp³-hybridized carbons (Fsp3) is 0.100. The Labute approximate surface area is 88.9 Å². The fourth-order valence-electron chi connectivity index (χ4n) is 1.23. The Morgan fingerprint density at radius 2 is 2.21 bits per heavy atom. The zero-order valence-electron chi connectivity index (χ0n) is 7.42. The van der Waals surface area contributed by atoms with Gasteiger partial charge in [0.05, 0.1) is 0 Å². The van der Waals surface area contributed by atoms with Crippen LogP contribution in [0.2, 0.25) is 0 Å². The fourth-order valence-corrected chi connectivity index (χ4v) is 1.66. The molecule has 0 bridgehead atoms. The van der Waals surface area contributed by atoms with Gasteiger partial charge in [0, 0.05) is 15.6 Å². The summed E-state index contributed by atoms with van der Waals surface area (Å²) in [4.78, 5) is 0. The molecule has 0 saturated heterocycles. The van der Waals surface area contributed by atoms with Crippen molar-refractivity contribution in [1.82, 2.24) is 5.16 Å². The van der Waals surface area contributed by atoms with Crippen molar-refractivity contribution in [2.45, 2.75) is 6.92 Å². The first kappa shape index (κ1) is 9.40. The van der Waals surface area contributed by atoms with E-state index in [1.165, 1.54) is 18.4 Å². The lowest BCUT2D eigenvalue weighted by molar-refractivity contribution is 0.421. The molecule has 2 rings (SSSR count). The van der Waals surface area contributed by atoms with Crippen LogP contribution in [-0.4, -0.2) is 5.16 Å². The molecule has 0 radical (unpaired) electrons. The molecular formula is C10H7BrFNO. The van der Waals surface area contributed by atoms with E-state index in [1.54, 1.807) is 6.07 Å². The van der Waals surface area contributed by atoms with Gasteiger partial charge in [0.15, 0.2) is 0 Å². The third-order valence-corrected chi connectivity index (χ3v) is 2.62. The average molecular weight is 256 g/mol. The number of aryl methyl sites for hydroxylation is 1. The first-order chi connectivity index (χ1) is 6.68. The Balaban J connectivity index is 2.62. The van der Waals surface area contributed by atoms with E-state index in [9.17, 15) is 4.39 Å². The number of aromatic nitrogens is 1. The van der Waals surface area contributed by atoms with Gasteiger partial charge in [-0.05, 0) is 25.1 Å². The second-order valence-electron chi connectivity index (χ2n) is 2.97. The van der Waals surface area contributed by atoms with Gasteiger partial charge in [0.25, 0.3) is 0 Å². The molecule has 2 nitrogen and oxygen atoms in total. The Morgan fingerprint density at radius 1 is 1.43 bits per heavy atom. The van der Waals surface area contributed by atoms with Crippen LogP contribution in [0, 0.1) is 12.7 Å².